The molecule has 21 heavy (non-hydrogen) atoms. The van der Waals surface area contributed by atoms with Crippen LogP contribution < -0.4 is 15.4 Å². The number of hydrogen-bond acceptors (Lipinski definition) is 7. The number of aromatic nitrogens is 5. The molecule has 3 rings (SSSR count). The molecule has 8 heteroatoms. The minimum Gasteiger partial charge on any atom is -0.481 e. The molecule has 1 fully saturated rings. The molecule has 1 aliphatic heterocycles. The number of rotatable bonds is 3. The maximum Gasteiger partial charge on any atom is 0.225 e. The third-order valence-corrected chi connectivity index (χ3v) is 3.64. The molecule has 1 aliphatic rings. The van der Waals surface area contributed by atoms with Crippen LogP contribution in [-0.4, -0.2) is 45.3 Å². The van der Waals surface area contributed by atoms with Crippen molar-refractivity contribution in [3.8, 4) is 5.88 Å². The number of aromatic amines is 1. The van der Waals surface area contributed by atoms with E-state index in [0.29, 0.717) is 11.8 Å². The Labute approximate surface area is 122 Å². The molecule has 0 bridgehead atoms. The van der Waals surface area contributed by atoms with Gasteiger partial charge in [0.2, 0.25) is 11.8 Å². The average molecular weight is 289 g/mol. The highest BCUT2D eigenvalue weighted by Crippen LogP contribution is 2.28. The summed E-state index contributed by atoms with van der Waals surface area (Å²) in [4.78, 5) is 14.9. The number of aryl methyl sites for hydroxylation is 1. The lowest BCUT2D eigenvalue weighted by Gasteiger charge is -2.32. The molecule has 3 N–H and O–H groups in total. The van der Waals surface area contributed by atoms with Crippen LogP contribution in [0.25, 0.3) is 0 Å². The quantitative estimate of drug-likeness (QED) is 0.863. The van der Waals surface area contributed by atoms with E-state index < -0.39 is 0 Å². The SMILES string of the molecule is COc1cc(N2CCCC(c3n[nH]c(C)n3)C2)nc(N)n1. The first-order valence-electron chi connectivity index (χ1n) is 6.98. The number of methoxy groups -OCH3 is 1. The Morgan fingerprint density at radius 2 is 2.24 bits per heavy atom. The highest BCUT2D eigenvalue weighted by Gasteiger charge is 2.25. The van der Waals surface area contributed by atoms with Gasteiger partial charge in [-0.25, -0.2) is 4.98 Å². The fourth-order valence-corrected chi connectivity index (χ4v) is 2.64. The Balaban J connectivity index is 1.81. The third-order valence-electron chi connectivity index (χ3n) is 3.64. The lowest BCUT2D eigenvalue weighted by molar-refractivity contribution is 0.397. The number of anilines is 2. The van der Waals surface area contributed by atoms with Crippen LogP contribution >= 0.6 is 0 Å². The predicted molar refractivity (Wildman–Crippen MR) is 78.3 cm³/mol. The van der Waals surface area contributed by atoms with E-state index in [2.05, 4.69) is 30.0 Å². The van der Waals surface area contributed by atoms with Crippen LogP contribution in [0.5, 0.6) is 5.88 Å². The van der Waals surface area contributed by atoms with E-state index in [-0.39, 0.29) is 5.95 Å². The number of hydrogen-bond donors (Lipinski definition) is 2. The second-order valence-electron chi connectivity index (χ2n) is 5.19. The van der Waals surface area contributed by atoms with E-state index in [1.54, 1.807) is 7.11 Å². The molecule has 0 radical (unpaired) electrons. The summed E-state index contributed by atoms with van der Waals surface area (Å²) in [5.41, 5.74) is 5.73. The summed E-state index contributed by atoms with van der Waals surface area (Å²) in [5.74, 6) is 3.50. The summed E-state index contributed by atoms with van der Waals surface area (Å²) in [5, 5.41) is 7.18. The fourth-order valence-electron chi connectivity index (χ4n) is 2.64. The highest BCUT2D eigenvalue weighted by atomic mass is 16.5. The van der Waals surface area contributed by atoms with Crippen molar-refractivity contribution in [3.63, 3.8) is 0 Å². The molecule has 3 heterocycles. The maximum absolute atomic E-state index is 5.73. The van der Waals surface area contributed by atoms with Crippen molar-refractivity contribution in [3.05, 3.63) is 17.7 Å². The Morgan fingerprint density at radius 3 is 2.95 bits per heavy atom. The van der Waals surface area contributed by atoms with Gasteiger partial charge in [0.25, 0.3) is 0 Å². The van der Waals surface area contributed by atoms with E-state index in [9.17, 15) is 0 Å². The summed E-state index contributed by atoms with van der Waals surface area (Å²) in [6.07, 6.45) is 2.13. The smallest absolute Gasteiger partial charge is 0.225 e. The van der Waals surface area contributed by atoms with E-state index in [1.807, 2.05) is 13.0 Å². The summed E-state index contributed by atoms with van der Waals surface area (Å²) in [6.45, 7) is 3.66. The van der Waals surface area contributed by atoms with Crippen molar-refractivity contribution in [2.24, 2.45) is 0 Å². The average Bonchev–Trinajstić information content (AvgIpc) is 2.93. The molecule has 0 amide bonds. The Kier molecular flexibility index (Phi) is 3.59. The molecule has 1 atom stereocenters. The molecule has 1 unspecified atom stereocenters. The van der Waals surface area contributed by atoms with Gasteiger partial charge in [0.05, 0.1) is 7.11 Å². The number of nitrogens with zero attached hydrogens (tertiary/aromatic N) is 5. The van der Waals surface area contributed by atoms with E-state index in [4.69, 9.17) is 10.5 Å². The Morgan fingerprint density at radius 1 is 1.38 bits per heavy atom. The molecule has 1 saturated heterocycles. The molecule has 0 aliphatic carbocycles. The molecular formula is C13H19N7O. The van der Waals surface area contributed by atoms with Crippen LogP contribution in [-0.2, 0) is 0 Å². The molecule has 0 saturated carbocycles. The third kappa shape index (κ3) is 2.88. The van der Waals surface area contributed by atoms with Crippen molar-refractivity contribution < 1.29 is 4.74 Å². The summed E-state index contributed by atoms with van der Waals surface area (Å²) in [6, 6.07) is 1.81. The van der Waals surface area contributed by atoms with Gasteiger partial charge in [0, 0.05) is 25.1 Å². The number of nitrogens with two attached hydrogens (primary N) is 1. The van der Waals surface area contributed by atoms with Crippen molar-refractivity contribution in [2.45, 2.75) is 25.7 Å². The maximum atomic E-state index is 5.73. The van der Waals surface area contributed by atoms with Crippen LogP contribution in [0.1, 0.15) is 30.4 Å². The molecule has 112 valence electrons. The monoisotopic (exact) mass is 289 g/mol. The zero-order chi connectivity index (χ0) is 14.8. The topological polar surface area (TPSA) is 106 Å². The number of ether oxygens (including phenoxy) is 1. The molecule has 8 nitrogen and oxygen atoms in total. The van der Waals surface area contributed by atoms with E-state index >= 15 is 0 Å². The van der Waals surface area contributed by atoms with Crippen LogP contribution in [0.15, 0.2) is 6.07 Å². The minimum absolute atomic E-state index is 0.222. The first-order valence-corrected chi connectivity index (χ1v) is 6.98. The number of nitrogen functional groups attached to an aromatic ring is 1. The van der Waals surface area contributed by atoms with E-state index in [1.165, 1.54) is 0 Å². The van der Waals surface area contributed by atoms with Crippen LogP contribution in [0, 0.1) is 6.92 Å². The number of H-pyrrole nitrogens is 1. The van der Waals surface area contributed by atoms with Crippen molar-refractivity contribution in [1.82, 2.24) is 25.1 Å². The van der Waals surface area contributed by atoms with Crippen molar-refractivity contribution in [2.75, 3.05) is 30.8 Å². The van der Waals surface area contributed by atoms with Gasteiger partial charge in [-0.05, 0) is 19.8 Å². The second-order valence-corrected chi connectivity index (χ2v) is 5.19. The van der Waals surface area contributed by atoms with Gasteiger partial charge in [0.1, 0.15) is 11.6 Å². The lowest BCUT2D eigenvalue weighted by atomic mass is 9.97. The van der Waals surface area contributed by atoms with Gasteiger partial charge in [-0.15, -0.1) is 0 Å². The molecule has 0 aromatic carbocycles. The largest absolute Gasteiger partial charge is 0.481 e. The zero-order valence-corrected chi connectivity index (χ0v) is 12.2. The predicted octanol–water partition coefficient (Wildman–Crippen LogP) is 0.878. The van der Waals surface area contributed by atoms with Gasteiger partial charge in [0.15, 0.2) is 5.82 Å². The van der Waals surface area contributed by atoms with Gasteiger partial charge >= 0.3 is 0 Å². The van der Waals surface area contributed by atoms with Crippen LogP contribution in [0.3, 0.4) is 0 Å². The summed E-state index contributed by atoms with van der Waals surface area (Å²) < 4.78 is 5.15. The van der Waals surface area contributed by atoms with Gasteiger partial charge in [-0.3, -0.25) is 5.10 Å². The first-order chi connectivity index (χ1) is 10.2. The second kappa shape index (κ2) is 5.55. The molecule has 2 aromatic rings. The van der Waals surface area contributed by atoms with Crippen molar-refractivity contribution in [1.29, 1.82) is 0 Å². The summed E-state index contributed by atoms with van der Waals surface area (Å²) in [7, 11) is 1.57. The molecule has 0 spiro atoms. The van der Waals surface area contributed by atoms with E-state index in [0.717, 1.165) is 43.4 Å². The van der Waals surface area contributed by atoms with Gasteiger partial charge in [-0.2, -0.15) is 15.1 Å². The minimum atomic E-state index is 0.222. The summed E-state index contributed by atoms with van der Waals surface area (Å²) >= 11 is 0. The first kappa shape index (κ1) is 13.6. The van der Waals surface area contributed by atoms with Crippen molar-refractivity contribution >= 4 is 11.8 Å². The Hall–Kier alpha value is -2.38. The standard InChI is InChI=1S/C13H19N7O/c1-8-15-12(19-18-8)9-4-3-5-20(7-9)10-6-11(21-2)17-13(14)16-10/h6,9H,3-5,7H2,1-2H3,(H2,14,16,17)(H,15,18,19). The van der Waals surface area contributed by atoms with Gasteiger partial charge < -0.3 is 15.4 Å². The number of piperidine rings is 1. The number of nitrogens with one attached hydrogen (secondary N) is 1. The van der Waals surface area contributed by atoms with Crippen LogP contribution in [0.4, 0.5) is 11.8 Å². The Bertz CT molecular complexity index is 627. The molecular weight excluding hydrogens is 270 g/mol. The fraction of sp³-hybridized carbons (Fsp3) is 0.538. The van der Waals surface area contributed by atoms with Crippen LogP contribution in [0.2, 0.25) is 0 Å². The normalized spacial score (nSPS) is 18.8. The van der Waals surface area contributed by atoms with Gasteiger partial charge in [-0.1, -0.05) is 0 Å². The zero-order valence-electron chi connectivity index (χ0n) is 12.2. The lowest BCUT2D eigenvalue weighted by Crippen LogP contribution is -2.35. The molecule has 2 aromatic heterocycles. The highest BCUT2D eigenvalue weighted by molar-refractivity contribution is 5.46.